The fourth-order valence-electron chi connectivity index (χ4n) is 5.02. The molecule has 0 aromatic carbocycles. The number of rotatable bonds is 2. The van der Waals surface area contributed by atoms with Gasteiger partial charge in [0.1, 0.15) is 0 Å². The smallest absolute Gasteiger partial charge is 0.226 e. The first-order valence-electron chi connectivity index (χ1n) is 8.82. The van der Waals surface area contributed by atoms with Crippen LogP contribution in [0.25, 0.3) is 0 Å². The van der Waals surface area contributed by atoms with Gasteiger partial charge in [-0.15, -0.1) is 0 Å². The van der Waals surface area contributed by atoms with Gasteiger partial charge >= 0.3 is 0 Å². The highest BCUT2D eigenvalue weighted by Gasteiger charge is 2.59. The molecule has 3 aliphatic heterocycles. The molecule has 4 aliphatic rings. The average Bonchev–Trinajstić information content (AvgIpc) is 2.99. The highest BCUT2D eigenvalue weighted by Crippen LogP contribution is 2.51. The summed E-state index contributed by atoms with van der Waals surface area (Å²) < 4.78 is 5.41. The highest BCUT2D eigenvalue weighted by atomic mass is 16.5. The summed E-state index contributed by atoms with van der Waals surface area (Å²) >= 11 is 0. The number of hydrogen-bond acceptors (Lipinski definition) is 3. The lowest BCUT2D eigenvalue weighted by Crippen LogP contribution is -2.47. The molecule has 0 bridgehead atoms. The first kappa shape index (κ1) is 14.0. The lowest BCUT2D eigenvalue weighted by molar-refractivity contribution is -0.135. The summed E-state index contributed by atoms with van der Waals surface area (Å²) in [4.78, 5) is 17.3. The lowest BCUT2D eigenvalue weighted by Gasteiger charge is -2.42. The Bertz CT molecular complexity index is 396. The Balaban J connectivity index is 1.29. The van der Waals surface area contributed by atoms with Gasteiger partial charge in [-0.1, -0.05) is 6.42 Å². The Labute approximate surface area is 127 Å². The van der Waals surface area contributed by atoms with Gasteiger partial charge in [0, 0.05) is 25.0 Å². The molecule has 4 fully saturated rings. The number of hydrogen-bond donors (Lipinski definition) is 0. The van der Waals surface area contributed by atoms with Crippen molar-refractivity contribution in [2.24, 2.45) is 23.7 Å². The Morgan fingerprint density at radius 3 is 2.38 bits per heavy atom. The molecule has 2 unspecified atom stereocenters. The van der Waals surface area contributed by atoms with Crippen LogP contribution in [0.15, 0.2) is 0 Å². The van der Waals surface area contributed by atoms with E-state index in [0.29, 0.717) is 23.7 Å². The van der Waals surface area contributed by atoms with Gasteiger partial charge in [0.25, 0.3) is 0 Å². The van der Waals surface area contributed by atoms with Crippen molar-refractivity contribution in [3.63, 3.8) is 0 Å². The van der Waals surface area contributed by atoms with Gasteiger partial charge < -0.3 is 14.5 Å². The van der Waals surface area contributed by atoms with E-state index in [9.17, 15) is 4.79 Å². The molecule has 4 heteroatoms. The third-order valence-electron chi connectivity index (χ3n) is 6.46. The van der Waals surface area contributed by atoms with E-state index in [-0.39, 0.29) is 0 Å². The van der Waals surface area contributed by atoms with E-state index in [1.165, 1.54) is 38.6 Å². The van der Waals surface area contributed by atoms with Gasteiger partial charge in [0.05, 0.1) is 13.2 Å². The molecule has 0 aromatic rings. The van der Waals surface area contributed by atoms with Crippen LogP contribution < -0.4 is 0 Å². The average molecular weight is 292 g/mol. The van der Waals surface area contributed by atoms with Gasteiger partial charge in [0.2, 0.25) is 5.91 Å². The molecule has 0 N–H and O–H groups in total. The summed E-state index contributed by atoms with van der Waals surface area (Å²) in [5.74, 6) is 2.66. The first-order chi connectivity index (χ1) is 10.3. The van der Waals surface area contributed by atoms with E-state index in [0.717, 1.165) is 38.3 Å². The zero-order valence-electron chi connectivity index (χ0n) is 13.2. The Morgan fingerprint density at radius 2 is 1.71 bits per heavy atom. The van der Waals surface area contributed by atoms with E-state index in [1.54, 1.807) is 0 Å². The zero-order chi connectivity index (χ0) is 14.4. The molecule has 4 nitrogen and oxygen atoms in total. The summed E-state index contributed by atoms with van der Waals surface area (Å²) in [6.07, 6.45) is 6.52. The molecule has 21 heavy (non-hydrogen) atoms. The quantitative estimate of drug-likeness (QED) is 0.775. The molecule has 0 spiro atoms. The number of ether oxygens (including phenoxy) is 1. The molecule has 3 saturated heterocycles. The second kappa shape index (κ2) is 5.54. The molecule has 0 radical (unpaired) electrons. The molecule has 118 valence electrons. The molecular weight excluding hydrogens is 264 g/mol. The molecular formula is C17H28N2O2. The minimum absolute atomic E-state index is 0.313. The third kappa shape index (κ3) is 2.50. The largest absolute Gasteiger partial charge is 0.381 e. The van der Waals surface area contributed by atoms with Crippen LogP contribution in [-0.4, -0.2) is 61.6 Å². The second-order valence-corrected chi connectivity index (χ2v) is 7.60. The van der Waals surface area contributed by atoms with Crippen molar-refractivity contribution >= 4 is 5.91 Å². The van der Waals surface area contributed by atoms with Gasteiger partial charge in [-0.25, -0.2) is 0 Å². The highest BCUT2D eigenvalue weighted by molar-refractivity contribution is 5.82. The molecule has 3 heterocycles. The molecule has 1 saturated carbocycles. The van der Waals surface area contributed by atoms with Crippen LogP contribution in [0.2, 0.25) is 0 Å². The van der Waals surface area contributed by atoms with Crippen molar-refractivity contribution in [3.8, 4) is 0 Å². The van der Waals surface area contributed by atoms with Gasteiger partial charge in [0.15, 0.2) is 0 Å². The molecule has 1 amide bonds. The van der Waals surface area contributed by atoms with Crippen molar-refractivity contribution in [2.75, 3.05) is 39.9 Å². The first-order valence-corrected chi connectivity index (χ1v) is 8.82. The number of piperidine rings is 2. The zero-order valence-corrected chi connectivity index (χ0v) is 13.2. The predicted octanol–water partition coefficient (Wildman–Crippen LogP) is 1.60. The monoisotopic (exact) mass is 292 g/mol. The summed E-state index contributed by atoms with van der Waals surface area (Å²) in [6.45, 7) is 4.89. The van der Waals surface area contributed by atoms with Crippen LogP contribution >= 0.6 is 0 Å². The van der Waals surface area contributed by atoms with Gasteiger partial charge in [-0.05, 0) is 57.0 Å². The van der Waals surface area contributed by atoms with Gasteiger partial charge in [-0.3, -0.25) is 4.79 Å². The topological polar surface area (TPSA) is 32.8 Å². The minimum atomic E-state index is 0.313. The van der Waals surface area contributed by atoms with E-state index in [2.05, 4.69) is 16.8 Å². The van der Waals surface area contributed by atoms with Crippen LogP contribution in [0.4, 0.5) is 0 Å². The number of likely N-dealkylation sites (tertiary alicyclic amines) is 2. The van der Waals surface area contributed by atoms with Crippen molar-refractivity contribution < 1.29 is 9.53 Å². The van der Waals surface area contributed by atoms with Crippen molar-refractivity contribution in [1.29, 1.82) is 0 Å². The Hall–Kier alpha value is -0.610. The fraction of sp³-hybridized carbons (Fsp3) is 0.941. The summed E-state index contributed by atoms with van der Waals surface area (Å²) in [7, 11) is 2.28. The maximum absolute atomic E-state index is 12.6. The summed E-state index contributed by atoms with van der Waals surface area (Å²) in [5.41, 5.74) is 0. The number of carbonyl (C=O) groups is 1. The normalized spacial score (nSPS) is 41.1. The van der Waals surface area contributed by atoms with E-state index < -0.39 is 0 Å². The maximum Gasteiger partial charge on any atom is 0.226 e. The molecule has 0 aromatic heterocycles. The van der Waals surface area contributed by atoms with E-state index >= 15 is 0 Å². The molecule has 1 aliphatic carbocycles. The Morgan fingerprint density at radius 1 is 1.00 bits per heavy atom. The number of carbonyl (C=O) groups excluding carboxylic acids is 1. The van der Waals surface area contributed by atoms with Gasteiger partial charge in [-0.2, -0.15) is 0 Å². The van der Waals surface area contributed by atoms with E-state index in [1.807, 2.05) is 0 Å². The third-order valence-corrected chi connectivity index (χ3v) is 6.46. The van der Waals surface area contributed by atoms with Crippen LogP contribution in [0.3, 0.4) is 0 Å². The maximum atomic E-state index is 12.6. The van der Waals surface area contributed by atoms with Crippen LogP contribution in [0.1, 0.15) is 32.1 Å². The number of amides is 1. The Kier molecular flexibility index (Phi) is 3.70. The summed E-state index contributed by atoms with van der Waals surface area (Å²) in [5, 5.41) is 0. The molecule has 4 rings (SSSR count). The van der Waals surface area contributed by atoms with E-state index in [4.69, 9.17) is 4.74 Å². The van der Waals surface area contributed by atoms with Crippen LogP contribution in [0.5, 0.6) is 0 Å². The van der Waals surface area contributed by atoms with Crippen LogP contribution in [0, 0.1) is 23.7 Å². The van der Waals surface area contributed by atoms with Crippen molar-refractivity contribution in [3.05, 3.63) is 0 Å². The fourth-order valence-corrected chi connectivity index (χ4v) is 5.02. The van der Waals surface area contributed by atoms with Crippen molar-refractivity contribution in [2.45, 2.75) is 38.1 Å². The number of fused-ring (bicyclic) bond motifs is 1. The second-order valence-electron chi connectivity index (χ2n) is 7.60. The predicted molar refractivity (Wildman–Crippen MR) is 80.9 cm³/mol. The van der Waals surface area contributed by atoms with Crippen LogP contribution in [-0.2, 0) is 9.53 Å². The standard InChI is InChI=1S/C17H28N2O2/c1-18-7-3-2-4-15(18)12-5-8-19(9-6-12)17(20)16-13-10-21-11-14(13)16/h12-16H,2-11H2,1H3/t13-,14+,15?,16?. The lowest BCUT2D eigenvalue weighted by atomic mass is 9.84. The minimum Gasteiger partial charge on any atom is -0.381 e. The summed E-state index contributed by atoms with van der Waals surface area (Å²) in [6, 6.07) is 0.768. The number of nitrogens with zero attached hydrogens (tertiary/aromatic N) is 2. The molecule has 4 atom stereocenters. The van der Waals surface area contributed by atoms with Crippen molar-refractivity contribution in [1.82, 2.24) is 9.80 Å². The SMILES string of the molecule is CN1CCCCC1C1CCN(C(=O)C2[C@H]3COC[C@@H]23)CC1.